The van der Waals surface area contributed by atoms with Gasteiger partial charge in [-0.25, -0.2) is 13.2 Å². The number of carboxylic acid groups (broad SMARTS) is 1. The van der Waals surface area contributed by atoms with Crippen molar-refractivity contribution < 1.29 is 23.1 Å². The summed E-state index contributed by atoms with van der Waals surface area (Å²) in [5.74, 6) is -1.46. The van der Waals surface area contributed by atoms with Gasteiger partial charge in [-0.15, -0.1) is 0 Å². The van der Waals surface area contributed by atoms with Crippen LogP contribution in [0.1, 0.15) is 5.56 Å². The van der Waals surface area contributed by atoms with E-state index in [1.165, 1.54) is 24.3 Å². The molecule has 1 aliphatic rings. The lowest BCUT2D eigenvalue weighted by molar-refractivity contribution is -0.131. The summed E-state index contributed by atoms with van der Waals surface area (Å²) in [5, 5.41) is 11.1. The fourth-order valence-corrected chi connectivity index (χ4v) is 3.37. The van der Waals surface area contributed by atoms with E-state index in [4.69, 9.17) is 5.11 Å². The summed E-state index contributed by atoms with van der Waals surface area (Å²) in [4.78, 5) is 21.8. The number of benzene rings is 1. The minimum Gasteiger partial charge on any atom is -0.478 e. The molecule has 2 N–H and O–H groups in total. The van der Waals surface area contributed by atoms with E-state index in [9.17, 15) is 18.0 Å². The van der Waals surface area contributed by atoms with E-state index in [0.29, 0.717) is 5.56 Å². The van der Waals surface area contributed by atoms with Gasteiger partial charge in [-0.3, -0.25) is 4.79 Å². The van der Waals surface area contributed by atoms with Crippen molar-refractivity contribution in [2.45, 2.75) is 4.90 Å². The molecule has 0 aliphatic carbocycles. The number of rotatable bonds is 4. The third-order valence-electron chi connectivity index (χ3n) is 2.92. The Balaban J connectivity index is 2.29. The van der Waals surface area contributed by atoms with Gasteiger partial charge in [-0.1, -0.05) is 12.1 Å². The molecule has 1 aromatic carbocycles. The van der Waals surface area contributed by atoms with Gasteiger partial charge in [0.1, 0.15) is 0 Å². The maximum atomic E-state index is 12.4. The molecule has 21 heavy (non-hydrogen) atoms. The van der Waals surface area contributed by atoms with Gasteiger partial charge < -0.3 is 10.4 Å². The third-order valence-corrected chi connectivity index (χ3v) is 4.76. The molecule has 7 nitrogen and oxygen atoms in total. The van der Waals surface area contributed by atoms with Crippen molar-refractivity contribution in [2.75, 3.05) is 19.6 Å². The standard InChI is InChI=1S/C13H14N2O5S/c16-12-9-15(7-6-14-12)21(19,20)11-3-1-2-10(8-11)4-5-13(17)18/h1-5,8H,6-7,9H2,(H,14,16)(H,17,18). The average Bonchev–Trinajstić information content (AvgIpc) is 2.45. The van der Waals surface area contributed by atoms with Crippen LogP contribution in [0, 0.1) is 0 Å². The molecular formula is C13H14N2O5S. The highest BCUT2D eigenvalue weighted by Crippen LogP contribution is 2.18. The van der Waals surface area contributed by atoms with Crippen LogP contribution in [0.25, 0.3) is 6.08 Å². The van der Waals surface area contributed by atoms with E-state index in [1.807, 2.05) is 0 Å². The second-order valence-corrected chi connectivity index (χ2v) is 6.37. The molecule has 0 saturated carbocycles. The van der Waals surface area contributed by atoms with Gasteiger partial charge in [-0.05, 0) is 23.8 Å². The van der Waals surface area contributed by atoms with Gasteiger partial charge in [0, 0.05) is 19.2 Å². The highest BCUT2D eigenvalue weighted by Gasteiger charge is 2.29. The maximum Gasteiger partial charge on any atom is 0.328 e. The molecule has 0 atom stereocenters. The van der Waals surface area contributed by atoms with Crippen LogP contribution in [-0.4, -0.2) is 49.3 Å². The average molecular weight is 310 g/mol. The SMILES string of the molecule is O=C(O)C=Cc1cccc(S(=O)(=O)N2CCNC(=O)C2)c1. The molecule has 1 amide bonds. The van der Waals surface area contributed by atoms with Crippen molar-refractivity contribution in [1.29, 1.82) is 0 Å². The largest absolute Gasteiger partial charge is 0.478 e. The molecule has 1 aromatic rings. The Morgan fingerprint density at radius 3 is 2.81 bits per heavy atom. The van der Waals surface area contributed by atoms with Crippen molar-refractivity contribution in [1.82, 2.24) is 9.62 Å². The van der Waals surface area contributed by atoms with Gasteiger partial charge in [0.25, 0.3) is 0 Å². The van der Waals surface area contributed by atoms with E-state index < -0.39 is 16.0 Å². The molecule has 0 aromatic heterocycles. The highest BCUT2D eigenvalue weighted by molar-refractivity contribution is 7.89. The van der Waals surface area contributed by atoms with Crippen LogP contribution < -0.4 is 5.32 Å². The van der Waals surface area contributed by atoms with E-state index in [-0.39, 0.29) is 30.4 Å². The number of carboxylic acids is 1. The van der Waals surface area contributed by atoms with Crippen molar-refractivity contribution >= 4 is 28.0 Å². The van der Waals surface area contributed by atoms with Gasteiger partial charge in [0.2, 0.25) is 15.9 Å². The molecule has 112 valence electrons. The summed E-state index contributed by atoms with van der Waals surface area (Å²) in [5.41, 5.74) is 0.458. The molecule has 0 radical (unpaired) electrons. The molecule has 1 saturated heterocycles. The van der Waals surface area contributed by atoms with Crippen molar-refractivity contribution in [3.63, 3.8) is 0 Å². The summed E-state index contributed by atoms with van der Waals surface area (Å²) >= 11 is 0. The van der Waals surface area contributed by atoms with E-state index in [1.54, 1.807) is 6.07 Å². The summed E-state index contributed by atoms with van der Waals surface area (Å²) in [7, 11) is -3.76. The molecule has 0 spiro atoms. The Morgan fingerprint density at radius 1 is 1.38 bits per heavy atom. The summed E-state index contributed by atoms with van der Waals surface area (Å²) in [6.45, 7) is 0.275. The number of amides is 1. The number of hydrogen-bond donors (Lipinski definition) is 2. The number of carbonyl (C=O) groups excluding carboxylic acids is 1. The minimum atomic E-state index is -3.76. The lowest BCUT2D eigenvalue weighted by Gasteiger charge is -2.25. The lowest BCUT2D eigenvalue weighted by Crippen LogP contribution is -2.49. The first-order valence-electron chi connectivity index (χ1n) is 6.17. The fraction of sp³-hybridized carbons (Fsp3) is 0.231. The zero-order chi connectivity index (χ0) is 15.5. The zero-order valence-electron chi connectivity index (χ0n) is 11.0. The second kappa shape index (κ2) is 6.06. The van der Waals surface area contributed by atoms with Gasteiger partial charge in [-0.2, -0.15) is 4.31 Å². The lowest BCUT2D eigenvalue weighted by atomic mass is 10.2. The van der Waals surface area contributed by atoms with Crippen LogP contribution in [0.15, 0.2) is 35.2 Å². The monoisotopic (exact) mass is 310 g/mol. The molecule has 1 heterocycles. The van der Waals surface area contributed by atoms with E-state index in [0.717, 1.165) is 10.4 Å². The van der Waals surface area contributed by atoms with Crippen LogP contribution >= 0.6 is 0 Å². The predicted octanol–water partition coefficient (Wildman–Crippen LogP) is -0.0951. The number of sulfonamides is 1. The number of carbonyl (C=O) groups is 2. The van der Waals surface area contributed by atoms with Crippen LogP contribution in [-0.2, 0) is 19.6 Å². The Hall–Kier alpha value is -2.19. The number of nitrogens with one attached hydrogen (secondary N) is 1. The van der Waals surface area contributed by atoms with Crippen LogP contribution in [0.3, 0.4) is 0 Å². The highest BCUT2D eigenvalue weighted by atomic mass is 32.2. The second-order valence-electron chi connectivity index (χ2n) is 4.43. The fourth-order valence-electron chi connectivity index (χ4n) is 1.92. The Labute approximate surface area is 121 Å². The Bertz CT molecular complexity index is 696. The minimum absolute atomic E-state index is 0.0322. The quantitative estimate of drug-likeness (QED) is 0.756. The third kappa shape index (κ3) is 3.67. The first-order chi connectivity index (χ1) is 9.89. The summed E-state index contributed by atoms with van der Waals surface area (Å²) < 4.78 is 26.0. The summed E-state index contributed by atoms with van der Waals surface area (Å²) in [6, 6.07) is 5.92. The maximum absolute atomic E-state index is 12.4. The molecular weight excluding hydrogens is 296 g/mol. The van der Waals surface area contributed by atoms with Crippen molar-refractivity contribution in [3.05, 3.63) is 35.9 Å². The van der Waals surface area contributed by atoms with E-state index in [2.05, 4.69) is 5.32 Å². The van der Waals surface area contributed by atoms with Gasteiger partial charge >= 0.3 is 5.97 Å². The van der Waals surface area contributed by atoms with Crippen LogP contribution in [0.5, 0.6) is 0 Å². The first kappa shape index (κ1) is 15.2. The normalized spacial score (nSPS) is 16.9. The smallest absolute Gasteiger partial charge is 0.328 e. The summed E-state index contributed by atoms with van der Waals surface area (Å²) in [6.07, 6.45) is 2.24. The van der Waals surface area contributed by atoms with Crippen LogP contribution in [0.2, 0.25) is 0 Å². The first-order valence-corrected chi connectivity index (χ1v) is 7.61. The van der Waals surface area contributed by atoms with Gasteiger partial charge in [0.15, 0.2) is 0 Å². The Morgan fingerprint density at radius 2 is 2.14 bits per heavy atom. The molecule has 2 rings (SSSR count). The molecule has 1 aliphatic heterocycles. The molecule has 1 fully saturated rings. The van der Waals surface area contributed by atoms with E-state index >= 15 is 0 Å². The van der Waals surface area contributed by atoms with Gasteiger partial charge in [0.05, 0.1) is 11.4 Å². The molecule has 0 unspecified atom stereocenters. The molecule has 8 heteroatoms. The van der Waals surface area contributed by atoms with Crippen LogP contribution in [0.4, 0.5) is 0 Å². The number of aliphatic carboxylic acids is 1. The van der Waals surface area contributed by atoms with Crippen molar-refractivity contribution in [2.24, 2.45) is 0 Å². The molecule has 0 bridgehead atoms. The number of hydrogen-bond acceptors (Lipinski definition) is 4. The van der Waals surface area contributed by atoms with Crippen molar-refractivity contribution in [3.8, 4) is 0 Å². The predicted molar refractivity (Wildman–Crippen MR) is 74.9 cm³/mol. The topological polar surface area (TPSA) is 104 Å². The number of piperazine rings is 1. The zero-order valence-corrected chi connectivity index (χ0v) is 11.8. The number of nitrogens with zero attached hydrogens (tertiary/aromatic N) is 1. The Kier molecular flexibility index (Phi) is 4.39.